The molecule has 1 aliphatic heterocycles. The van der Waals surface area contributed by atoms with Crippen molar-refractivity contribution >= 4 is 0 Å². The fraction of sp³-hybridized carbons (Fsp3) is 0.714. The zero-order valence-corrected chi connectivity index (χ0v) is 12.3. The number of aromatic nitrogens is 2. The third kappa shape index (κ3) is 6.55. The molecule has 1 aliphatic rings. The quantitative estimate of drug-likeness (QED) is 0.830. The van der Waals surface area contributed by atoms with Crippen LogP contribution < -0.4 is 4.74 Å². The van der Waals surface area contributed by atoms with Crippen LogP contribution in [0, 0.1) is 12.8 Å². The molecule has 0 amide bonds. The molecule has 4 heteroatoms. The highest BCUT2D eigenvalue weighted by Gasteiger charge is 2.16. The molecule has 0 saturated carbocycles. The van der Waals surface area contributed by atoms with Crippen molar-refractivity contribution in [1.82, 2.24) is 9.97 Å². The Balaban J connectivity index is 0.000000659. The lowest BCUT2D eigenvalue weighted by Crippen LogP contribution is -2.13. The molecule has 1 unspecified atom stereocenters. The number of hydrogen-bond acceptors (Lipinski definition) is 4. The van der Waals surface area contributed by atoms with Gasteiger partial charge < -0.3 is 9.47 Å². The summed E-state index contributed by atoms with van der Waals surface area (Å²) in [5.41, 5.74) is 0.928. The third-order valence-electron chi connectivity index (χ3n) is 2.24. The summed E-state index contributed by atoms with van der Waals surface area (Å²) in [7, 11) is 0. The molecule has 0 spiro atoms. The predicted molar refractivity (Wildman–Crippen MR) is 73.9 cm³/mol. The van der Waals surface area contributed by atoms with Gasteiger partial charge >= 0.3 is 6.01 Å². The smallest absolute Gasteiger partial charge is 0.316 e. The van der Waals surface area contributed by atoms with E-state index in [0.29, 0.717) is 18.5 Å². The van der Waals surface area contributed by atoms with E-state index in [0.717, 1.165) is 25.3 Å². The Morgan fingerprint density at radius 1 is 1.33 bits per heavy atom. The van der Waals surface area contributed by atoms with Gasteiger partial charge in [0.15, 0.2) is 0 Å². The number of aryl methyl sites for hydroxylation is 1. The van der Waals surface area contributed by atoms with Gasteiger partial charge in [-0.25, -0.2) is 9.97 Å². The van der Waals surface area contributed by atoms with Crippen LogP contribution in [0.25, 0.3) is 0 Å². The highest BCUT2D eigenvalue weighted by Crippen LogP contribution is 2.13. The summed E-state index contributed by atoms with van der Waals surface area (Å²) >= 11 is 0. The van der Waals surface area contributed by atoms with Crippen LogP contribution in [0.1, 0.15) is 39.8 Å². The largest absolute Gasteiger partial charge is 0.463 e. The summed E-state index contributed by atoms with van der Waals surface area (Å²) in [6.45, 7) is 12.2. The monoisotopic (exact) mass is 254 g/mol. The van der Waals surface area contributed by atoms with Crippen molar-refractivity contribution in [1.29, 1.82) is 0 Å². The van der Waals surface area contributed by atoms with E-state index in [-0.39, 0.29) is 0 Å². The Morgan fingerprint density at radius 2 is 2.06 bits per heavy atom. The summed E-state index contributed by atoms with van der Waals surface area (Å²) in [6, 6.07) is 2.32. The number of hydrogen-bond donors (Lipinski definition) is 0. The van der Waals surface area contributed by atoms with Crippen molar-refractivity contribution in [2.45, 2.75) is 41.0 Å². The average Bonchev–Trinajstić information content (AvgIpc) is 2.94. The highest BCUT2D eigenvalue weighted by atomic mass is 16.5. The van der Waals surface area contributed by atoms with Crippen molar-refractivity contribution in [3.63, 3.8) is 0 Å². The van der Waals surface area contributed by atoms with E-state index in [1.54, 1.807) is 6.20 Å². The van der Waals surface area contributed by atoms with E-state index in [9.17, 15) is 0 Å². The van der Waals surface area contributed by atoms with Crippen molar-refractivity contribution in [2.75, 3.05) is 19.8 Å². The zero-order valence-electron chi connectivity index (χ0n) is 12.3. The van der Waals surface area contributed by atoms with E-state index in [1.807, 2.05) is 40.7 Å². The molecule has 0 aliphatic carbocycles. The maximum atomic E-state index is 5.47. The highest BCUT2D eigenvalue weighted by molar-refractivity contribution is 5.02. The van der Waals surface area contributed by atoms with Crippen LogP contribution >= 0.6 is 0 Å². The zero-order chi connectivity index (χ0) is 13.8. The maximum absolute atomic E-state index is 5.47. The molecule has 0 N–H and O–H groups in total. The molecule has 1 saturated heterocycles. The molecule has 1 fully saturated rings. The van der Waals surface area contributed by atoms with Crippen molar-refractivity contribution < 1.29 is 9.47 Å². The molecule has 18 heavy (non-hydrogen) atoms. The van der Waals surface area contributed by atoms with Gasteiger partial charge in [-0.15, -0.1) is 0 Å². The molecule has 2 heterocycles. The minimum atomic E-state index is 0.469. The van der Waals surface area contributed by atoms with Gasteiger partial charge in [-0.05, 0) is 19.4 Å². The van der Waals surface area contributed by atoms with Crippen LogP contribution in [0.2, 0.25) is 0 Å². The van der Waals surface area contributed by atoms with Crippen LogP contribution in [0.5, 0.6) is 6.01 Å². The Morgan fingerprint density at radius 3 is 2.61 bits per heavy atom. The third-order valence-corrected chi connectivity index (χ3v) is 2.24. The number of nitrogens with zero attached hydrogens (tertiary/aromatic N) is 2. The molecule has 1 aromatic heterocycles. The average molecular weight is 254 g/mol. The number of ether oxygens (including phenoxy) is 2. The van der Waals surface area contributed by atoms with Crippen molar-refractivity contribution in [2.24, 2.45) is 5.92 Å². The van der Waals surface area contributed by atoms with E-state index in [2.05, 4.69) is 9.97 Å². The molecule has 1 atom stereocenters. The Labute approximate surface area is 111 Å². The summed E-state index contributed by atoms with van der Waals surface area (Å²) in [5.74, 6) is 0.499. The van der Waals surface area contributed by atoms with Gasteiger partial charge in [0.05, 0.1) is 13.2 Å². The molecule has 4 nitrogen and oxygen atoms in total. The molecule has 0 bridgehead atoms. The van der Waals surface area contributed by atoms with Gasteiger partial charge in [0.25, 0.3) is 0 Å². The first kappa shape index (κ1) is 16.8. The lowest BCUT2D eigenvalue weighted by molar-refractivity contribution is 0.163. The first-order valence-electron chi connectivity index (χ1n) is 6.85. The molecule has 0 radical (unpaired) electrons. The van der Waals surface area contributed by atoms with Gasteiger partial charge in [0.2, 0.25) is 0 Å². The molecule has 104 valence electrons. The molecular formula is C14H26N2O2. The van der Waals surface area contributed by atoms with Crippen LogP contribution in [-0.2, 0) is 4.74 Å². The fourth-order valence-electron chi connectivity index (χ4n) is 1.40. The number of rotatable bonds is 3. The minimum Gasteiger partial charge on any atom is -0.463 e. The van der Waals surface area contributed by atoms with E-state index < -0.39 is 0 Å². The SMILES string of the molecule is CC.CC.Cc1ccnc(OCC2CCOC2)n1. The molecule has 0 aromatic carbocycles. The Hall–Kier alpha value is -1.16. The van der Waals surface area contributed by atoms with E-state index >= 15 is 0 Å². The van der Waals surface area contributed by atoms with Crippen LogP contribution in [0.15, 0.2) is 12.3 Å². The second-order valence-corrected chi connectivity index (χ2v) is 3.52. The van der Waals surface area contributed by atoms with E-state index in [1.165, 1.54) is 0 Å². The predicted octanol–water partition coefficient (Wildman–Crippen LogP) is 3.25. The Kier molecular flexibility index (Phi) is 10.3. The molecule has 2 rings (SSSR count). The minimum absolute atomic E-state index is 0.469. The standard InChI is InChI=1S/C10H14N2O2.2C2H6/c1-8-2-4-11-10(12-8)14-7-9-3-5-13-6-9;2*1-2/h2,4,9H,3,5-7H2,1H3;2*1-2H3. The van der Waals surface area contributed by atoms with Crippen molar-refractivity contribution in [3.8, 4) is 6.01 Å². The van der Waals surface area contributed by atoms with Gasteiger partial charge in [0, 0.05) is 24.4 Å². The summed E-state index contributed by atoms with van der Waals surface area (Å²) in [5, 5.41) is 0. The molecular weight excluding hydrogens is 228 g/mol. The van der Waals surface area contributed by atoms with Gasteiger partial charge in [-0.3, -0.25) is 0 Å². The first-order chi connectivity index (χ1) is 8.84. The summed E-state index contributed by atoms with van der Waals surface area (Å²) < 4.78 is 10.7. The Bertz CT molecular complexity index is 300. The maximum Gasteiger partial charge on any atom is 0.316 e. The first-order valence-corrected chi connectivity index (χ1v) is 6.85. The lowest BCUT2D eigenvalue weighted by atomic mass is 10.1. The van der Waals surface area contributed by atoms with Crippen LogP contribution in [-0.4, -0.2) is 29.8 Å². The summed E-state index contributed by atoms with van der Waals surface area (Å²) in [4.78, 5) is 8.19. The molecule has 1 aromatic rings. The second-order valence-electron chi connectivity index (χ2n) is 3.52. The normalized spacial score (nSPS) is 17.1. The van der Waals surface area contributed by atoms with Gasteiger partial charge in [-0.2, -0.15) is 0 Å². The lowest BCUT2D eigenvalue weighted by Gasteiger charge is -2.08. The fourth-order valence-corrected chi connectivity index (χ4v) is 1.40. The topological polar surface area (TPSA) is 44.2 Å². The van der Waals surface area contributed by atoms with Gasteiger partial charge in [0.1, 0.15) is 0 Å². The van der Waals surface area contributed by atoms with Crippen molar-refractivity contribution in [3.05, 3.63) is 18.0 Å². The van der Waals surface area contributed by atoms with Gasteiger partial charge in [-0.1, -0.05) is 27.7 Å². The second kappa shape index (κ2) is 11.0. The van der Waals surface area contributed by atoms with E-state index in [4.69, 9.17) is 9.47 Å². The van der Waals surface area contributed by atoms with Crippen LogP contribution in [0.4, 0.5) is 0 Å². The van der Waals surface area contributed by atoms with Crippen LogP contribution in [0.3, 0.4) is 0 Å². The summed E-state index contributed by atoms with van der Waals surface area (Å²) in [6.07, 6.45) is 2.79.